The Kier molecular flexibility index (Phi) is 6.30. The van der Waals surface area contributed by atoms with Crippen LogP contribution in [0.4, 0.5) is 5.69 Å². The van der Waals surface area contributed by atoms with E-state index in [0.29, 0.717) is 6.42 Å². The molecule has 0 bridgehead atoms. The number of benzene rings is 4. The number of unbranched alkanes of at least 4 members (excludes halogenated alkanes) is 3. The number of rotatable bonds is 8. The number of aromatic nitrogens is 1. The molecule has 3 nitrogen and oxygen atoms in total. The van der Waals surface area contributed by atoms with Crippen LogP contribution in [0.2, 0.25) is 0 Å². The number of amides is 1. The van der Waals surface area contributed by atoms with Crippen LogP contribution in [-0.2, 0) is 11.2 Å². The molecular formula is C30H28N2O. The topological polar surface area (TPSA) is 42.0 Å². The molecule has 1 heterocycles. The van der Waals surface area contributed by atoms with E-state index in [1.165, 1.54) is 16.3 Å². The summed E-state index contributed by atoms with van der Waals surface area (Å²) in [5, 5.41) is 7.76. The van der Waals surface area contributed by atoms with Crippen molar-refractivity contribution >= 4 is 44.2 Å². The molecule has 1 amide bonds. The maximum Gasteiger partial charge on any atom is 0.224 e. The van der Waals surface area contributed by atoms with Crippen LogP contribution in [0.1, 0.15) is 37.7 Å². The summed E-state index contributed by atoms with van der Waals surface area (Å²) >= 11 is 0. The number of pyridine rings is 1. The number of para-hydroxylation sites is 2. The van der Waals surface area contributed by atoms with E-state index in [2.05, 4.69) is 47.8 Å². The van der Waals surface area contributed by atoms with E-state index in [4.69, 9.17) is 4.98 Å². The number of aryl methyl sites for hydroxylation is 1. The molecule has 0 aliphatic rings. The molecule has 5 aromatic rings. The molecule has 164 valence electrons. The Bertz CT molecular complexity index is 1370. The van der Waals surface area contributed by atoms with E-state index in [9.17, 15) is 4.79 Å². The molecule has 1 aromatic heterocycles. The van der Waals surface area contributed by atoms with Gasteiger partial charge in [-0.15, -0.1) is 0 Å². The quantitative estimate of drug-likeness (QED) is 0.202. The van der Waals surface area contributed by atoms with Gasteiger partial charge >= 0.3 is 0 Å². The molecule has 0 fully saturated rings. The van der Waals surface area contributed by atoms with Gasteiger partial charge in [0.15, 0.2) is 0 Å². The van der Waals surface area contributed by atoms with E-state index in [1.54, 1.807) is 0 Å². The Morgan fingerprint density at radius 1 is 0.667 bits per heavy atom. The zero-order chi connectivity index (χ0) is 22.5. The minimum atomic E-state index is 0.0750. The number of anilines is 1. The number of hydrogen-bond donors (Lipinski definition) is 1. The van der Waals surface area contributed by atoms with Crippen LogP contribution in [0.25, 0.3) is 32.6 Å². The first-order chi connectivity index (χ1) is 16.3. The smallest absolute Gasteiger partial charge is 0.224 e. The Morgan fingerprint density at radius 3 is 2.06 bits per heavy atom. The molecule has 0 aliphatic carbocycles. The van der Waals surface area contributed by atoms with E-state index in [-0.39, 0.29) is 5.91 Å². The summed E-state index contributed by atoms with van der Waals surface area (Å²) in [6, 6.07) is 31.2. The second-order valence-electron chi connectivity index (χ2n) is 8.66. The van der Waals surface area contributed by atoms with Crippen molar-refractivity contribution in [3.8, 4) is 0 Å². The van der Waals surface area contributed by atoms with Gasteiger partial charge in [0, 0.05) is 17.2 Å². The Labute approximate surface area is 194 Å². The minimum absolute atomic E-state index is 0.0750. The fourth-order valence-electron chi connectivity index (χ4n) is 4.54. The molecule has 0 aliphatic heterocycles. The molecule has 0 atom stereocenters. The van der Waals surface area contributed by atoms with Crippen LogP contribution in [0.15, 0.2) is 91.0 Å². The number of hydrogen-bond acceptors (Lipinski definition) is 2. The second kappa shape index (κ2) is 9.83. The number of carbonyl (C=O) groups excluding carboxylic acids is 1. The first-order valence-corrected chi connectivity index (χ1v) is 11.8. The molecule has 0 radical (unpaired) electrons. The summed E-state index contributed by atoms with van der Waals surface area (Å²) in [5.74, 6) is 0.0750. The van der Waals surface area contributed by atoms with Crippen molar-refractivity contribution < 1.29 is 4.79 Å². The molecule has 0 unspecified atom stereocenters. The van der Waals surface area contributed by atoms with E-state index >= 15 is 0 Å². The van der Waals surface area contributed by atoms with Crippen molar-refractivity contribution in [3.05, 3.63) is 96.6 Å². The summed E-state index contributed by atoms with van der Waals surface area (Å²) in [7, 11) is 0. The van der Waals surface area contributed by atoms with Gasteiger partial charge in [-0.25, -0.2) is 4.98 Å². The first-order valence-electron chi connectivity index (χ1n) is 11.8. The number of nitrogens with one attached hydrogen (secondary N) is 1. The zero-order valence-corrected chi connectivity index (χ0v) is 18.8. The van der Waals surface area contributed by atoms with Gasteiger partial charge in [0.1, 0.15) is 0 Å². The lowest BCUT2D eigenvalue weighted by atomic mass is 10.0. The van der Waals surface area contributed by atoms with Crippen molar-refractivity contribution in [3.63, 3.8) is 0 Å². The van der Waals surface area contributed by atoms with Crippen molar-refractivity contribution in [1.82, 2.24) is 4.98 Å². The molecule has 5 rings (SSSR count). The van der Waals surface area contributed by atoms with Crippen molar-refractivity contribution in [2.24, 2.45) is 0 Å². The highest BCUT2D eigenvalue weighted by Gasteiger charge is 2.11. The van der Waals surface area contributed by atoms with Crippen molar-refractivity contribution in [1.29, 1.82) is 0 Å². The summed E-state index contributed by atoms with van der Waals surface area (Å²) in [6.07, 6.45) is 5.90. The average molecular weight is 433 g/mol. The maximum atomic E-state index is 12.7. The van der Waals surface area contributed by atoms with E-state index in [1.807, 2.05) is 48.5 Å². The summed E-state index contributed by atoms with van der Waals surface area (Å²) < 4.78 is 0. The highest BCUT2D eigenvalue weighted by atomic mass is 16.1. The van der Waals surface area contributed by atoms with Gasteiger partial charge in [-0.3, -0.25) is 4.79 Å². The van der Waals surface area contributed by atoms with Crippen LogP contribution in [-0.4, -0.2) is 10.9 Å². The Morgan fingerprint density at radius 2 is 1.30 bits per heavy atom. The normalized spacial score (nSPS) is 11.3. The van der Waals surface area contributed by atoms with Crippen molar-refractivity contribution in [2.75, 3.05) is 5.32 Å². The number of nitrogens with zero attached hydrogens (tertiary/aromatic N) is 1. The third kappa shape index (κ3) is 4.88. The summed E-state index contributed by atoms with van der Waals surface area (Å²) in [4.78, 5) is 17.5. The van der Waals surface area contributed by atoms with Crippen molar-refractivity contribution in [2.45, 2.75) is 38.5 Å². The molecule has 4 aromatic carbocycles. The van der Waals surface area contributed by atoms with Crippen LogP contribution in [0.3, 0.4) is 0 Å². The standard InChI is InChI=1S/C30H28N2O/c33-29(18-4-2-1-3-11-22-19-20-23-12-5-6-13-24(23)21-22)32-30-25-14-7-9-16-27(25)31-28-17-10-8-15-26(28)30/h5-10,12-17,19-21H,1-4,11,18H2,(H,31,32,33). The number of fused-ring (bicyclic) bond motifs is 3. The zero-order valence-electron chi connectivity index (χ0n) is 18.8. The van der Waals surface area contributed by atoms with Gasteiger partial charge in [0.2, 0.25) is 5.91 Å². The molecule has 0 saturated carbocycles. The van der Waals surface area contributed by atoms with Crippen LogP contribution >= 0.6 is 0 Å². The summed E-state index contributed by atoms with van der Waals surface area (Å²) in [5.41, 5.74) is 4.07. The van der Waals surface area contributed by atoms with E-state index in [0.717, 1.165) is 59.6 Å². The average Bonchev–Trinajstić information content (AvgIpc) is 2.86. The monoisotopic (exact) mass is 432 g/mol. The molecule has 1 N–H and O–H groups in total. The molecular weight excluding hydrogens is 404 g/mol. The lowest BCUT2D eigenvalue weighted by Crippen LogP contribution is -2.12. The fraction of sp³-hybridized carbons (Fsp3) is 0.200. The van der Waals surface area contributed by atoms with Gasteiger partial charge in [-0.2, -0.15) is 0 Å². The van der Waals surface area contributed by atoms with Gasteiger partial charge in [0.25, 0.3) is 0 Å². The molecule has 3 heteroatoms. The summed E-state index contributed by atoms with van der Waals surface area (Å²) in [6.45, 7) is 0. The van der Waals surface area contributed by atoms with Gasteiger partial charge in [0.05, 0.1) is 16.7 Å². The fourth-order valence-corrected chi connectivity index (χ4v) is 4.54. The van der Waals surface area contributed by atoms with Gasteiger partial charge < -0.3 is 5.32 Å². The Balaban J connectivity index is 1.14. The highest BCUT2D eigenvalue weighted by molar-refractivity contribution is 6.12. The predicted molar refractivity (Wildman–Crippen MR) is 139 cm³/mol. The third-order valence-corrected chi connectivity index (χ3v) is 6.29. The first kappa shape index (κ1) is 21.1. The van der Waals surface area contributed by atoms with E-state index < -0.39 is 0 Å². The highest BCUT2D eigenvalue weighted by Crippen LogP contribution is 2.30. The minimum Gasteiger partial charge on any atom is -0.325 e. The van der Waals surface area contributed by atoms with Crippen LogP contribution in [0.5, 0.6) is 0 Å². The van der Waals surface area contributed by atoms with Gasteiger partial charge in [-0.05, 0) is 47.7 Å². The molecule has 0 spiro atoms. The second-order valence-corrected chi connectivity index (χ2v) is 8.66. The van der Waals surface area contributed by atoms with Crippen LogP contribution in [0, 0.1) is 0 Å². The lowest BCUT2D eigenvalue weighted by molar-refractivity contribution is -0.116. The van der Waals surface area contributed by atoms with Crippen LogP contribution < -0.4 is 5.32 Å². The molecule has 33 heavy (non-hydrogen) atoms. The SMILES string of the molecule is O=C(CCCCCCc1ccc2ccccc2c1)Nc1c2ccccc2nc2ccccc12. The maximum absolute atomic E-state index is 12.7. The third-order valence-electron chi connectivity index (χ3n) is 6.29. The Hall–Kier alpha value is -3.72. The largest absolute Gasteiger partial charge is 0.325 e. The number of carbonyl (C=O) groups is 1. The van der Waals surface area contributed by atoms with Gasteiger partial charge in [-0.1, -0.05) is 91.7 Å². The molecule has 0 saturated heterocycles. The predicted octanol–water partition coefficient (Wildman–Crippen LogP) is 7.67. The lowest BCUT2D eigenvalue weighted by Gasteiger charge is -2.12.